The van der Waals surface area contributed by atoms with E-state index in [2.05, 4.69) is 33.1 Å². The predicted octanol–water partition coefficient (Wildman–Crippen LogP) is 2.50. The molecule has 4 N–H and O–H groups in total. The third-order valence-corrected chi connectivity index (χ3v) is 7.29. The first kappa shape index (κ1) is 19.7. The standard InChI is InChI=1S/C21H28N6O2S/c1-2-23-14-11-27-20(29-12-14)19(10-24-27)30(22)26-21(28)25-18-9-13-5-3-6-15(13)16-7-4-8-17(16)18/h9-10,14,23H,2-8,11-12H2,1H3,(H3,22,25,26,28). The second-order valence-electron chi connectivity index (χ2n) is 8.12. The summed E-state index contributed by atoms with van der Waals surface area (Å²) in [6, 6.07) is 1.96. The summed E-state index contributed by atoms with van der Waals surface area (Å²) < 4.78 is 11.9. The van der Waals surface area contributed by atoms with Gasteiger partial charge in [0.15, 0.2) is 0 Å². The van der Waals surface area contributed by atoms with E-state index in [9.17, 15) is 4.79 Å². The number of rotatable bonds is 4. The molecule has 2 heterocycles. The van der Waals surface area contributed by atoms with Gasteiger partial charge in [-0.2, -0.15) is 9.46 Å². The van der Waals surface area contributed by atoms with Crippen molar-refractivity contribution in [3.63, 3.8) is 0 Å². The first-order valence-corrected chi connectivity index (χ1v) is 12.0. The number of amides is 2. The summed E-state index contributed by atoms with van der Waals surface area (Å²) in [6.45, 7) is 4.21. The molecular formula is C21H28N6O2S. The van der Waals surface area contributed by atoms with Gasteiger partial charge in [-0.25, -0.2) is 9.48 Å². The third kappa shape index (κ3) is 3.55. The normalized spacial score (nSPS) is 20.4. The van der Waals surface area contributed by atoms with Gasteiger partial charge in [-0.15, -0.1) is 0 Å². The second kappa shape index (κ2) is 8.13. The number of carbonyl (C=O) groups is 1. The predicted molar refractivity (Wildman–Crippen MR) is 117 cm³/mol. The lowest BCUT2D eigenvalue weighted by Crippen LogP contribution is -2.41. The van der Waals surface area contributed by atoms with Gasteiger partial charge in [-0.1, -0.05) is 6.92 Å². The molecule has 2 aliphatic carbocycles. The molecule has 2 atom stereocenters. The number of nitrogens with two attached hydrogens (primary N) is 1. The Morgan fingerprint density at radius 1 is 1.30 bits per heavy atom. The number of hydrogen-bond acceptors (Lipinski definition) is 4. The molecule has 2 unspecified atom stereocenters. The van der Waals surface area contributed by atoms with Crippen molar-refractivity contribution in [2.45, 2.75) is 62.9 Å². The topological polar surface area (TPSA) is 107 Å². The summed E-state index contributed by atoms with van der Waals surface area (Å²) in [7, 11) is -1.12. The van der Waals surface area contributed by atoms with Crippen LogP contribution in [0.2, 0.25) is 0 Å². The molecule has 0 spiro atoms. The Balaban J connectivity index is 1.35. The van der Waals surface area contributed by atoms with E-state index in [-0.39, 0.29) is 6.04 Å². The zero-order valence-electron chi connectivity index (χ0n) is 17.2. The average Bonchev–Trinajstić information content (AvgIpc) is 3.46. The Labute approximate surface area is 178 Å². The molecule has 1 aromatic heterocycles. The minimum absolute atomic E-state index is 0.219. The smallest absolute Gasteiger partial charge is 0.352 e. The molecule has 0 radical (unpaired) electrons. The van der Waals surface area contributed by atoms with Crippen LogP contribution >= 0.6 is 0 Å². The number of nitrogens with one attached hydrogen (secondary N) is 2. The Hall–Kier alpha value is -2.23. The molecule has 5 rings (SSSR count). The molecule has 0 saturated carbocycles. The highest BCUT2D eigenvalue weighted by Gasteiger charge is 2.26. The molecule has 0 saturated heterocycles. The maximum Gasteiger partial charge on any atom is 0.352 e. The van der Waals surface area contributed by atoms with Crippen molar-refractivity contribution >= 4 is 22.6 Å². The fourth-order valence-electron chi connectivity index (χ4n) is 4.92. The lowest BCUT2D eigenvalue weighted by Gasteiger charge is -2.25. The van der Waals surface area contributed by atoms with E-state index in [1.165, 1.54) is 35.1 Å². The molecule has 0 bridgehead atoms. The molecule has 9 heteroatoms. The van der Waals surface area contributed by atoms with E-state index >= 15 is 0 Å². The van der Waals surface area contributed by atoms with E-state index in [1.807, 2.05) is 0 Å². The fourth-order valence-corrected chi connectivity index (χ4v) is 5.74. The number of nitrogens with zero attached hydrogens (tertiary/aromatic N) is 3. The van der Waals surface area contributed by atoms with Gasteiger partial charge in [0.2, 0.25) is 5.88 Å². The number of ether oxygens (including phenoxy) is 1. The SMILES string of the molecule is CCNC1COc2c(S(N)=NC(=O)Nc3cc4c(c5c3CCC5)CCC4)cnn2C1. The fraction of sp³-hybridized carbons (Fsp3) is 0.524. The van der Waals surface area contributed by atoms with Gasteiger partial charge in [0.1, 0.15) is 11.5 Å². The van der Waals surface area contributed by atoms with Crippen LogP contribution in [0.4, 0.5) is 10.5 Å². The molecule has 2 amide bonds. The van der Waals surface area contributed by atoms with Crippen LogP contribution in [0.5, 0.6) is 5.88 Å². The molecule has 160 valence electrons. The van der Waals surface area contributed by atoms with E-state index in [0.29, 0.717) is 23.9 Å². The van der Waals surface area contributed by atoms with Crippen LogP contribution in [-0.4, -0.2) is 35.0 Å². The maximum atomic E-state index is 12.7. The molecule has 3 aliphatic rings. The first-order valence-electron chi connectivity index (χ1n) is 10.7. The van der Waals surface area contributed by atoms with Crippen LogP contribution in [0.3, 0.4) is 0 Å². The summed E-state index contributed by atoms with van der Waals surface area (Å²) in [5.74, 6) is 0.616. The monoisotopic (exact) mass is 428 g/mol. The van der Waals surface area contributed by atoms with Crippen LogP contribution in [-0.2, 0) is 43.1 Å². The van der Waals surface area contributed by atoms with E-state index in [0.717, 1.165) is 37.9 Å². The third-order valence-electron chi connectivity index (χ3n) is 6.20. The van der Waals surface area contributed by atoms with Gasteiger partial charge in [0.25, 0.3) is 0 Å². The van der Waals surface area contributed by atoms with Crippen molar-refractivity contribution < 1.29 is 9.53 Å². The van der Waals surface area contributed by atoms with Gasteiger partial charge >= 0.3 is 6.03 Å². The number of hydrogen-bond donors (Lipinski definition) is 3. The maximum absolute atomic E-state index is 12.7. The first-order chi connectivity index (χ1) is 14.6. The van der Waals surface area contributed by atoms with Crippen molar-refractivity contribution in [1.29, 1.82) is 0 Å². The molecular weight excluding hydrogens is 400 g/mol. The number of carbonyl (C=O) groups excluding carboxylic acids is 1. The minimum Gasteiger partial charge on any atom is -0.475 e. The average molecular weight is 429 g/mol. The second-order valence-corrected chi connectivity index (χ2v) is 9.38. The number of likely N-dealkylation sites (N-methyl/N-ethyl adjacent to an activating group) is 1. The van der Waals surface area contributed by atoms with Crippen molar-refractivity contribution in [3.05, 3.63) is 34.5 Å². The summed E-state index contributed by atoms with van der Waals surface area (Å²) >= 11 is 0. The molecule has 1 aliphatic heterocycles. The van der Waals surface area contributed by atoms with Crippen LogP contribution in [0.1, 0.15) is 42.0 Å². The van der Waals surface area contributed by atoms with Gasteiger partial charge < -0.3 is 15.4 Å². The van der Waals surface area contributed by atoms with E-state index < -0.39 is 16.9 Å². The van der Waals surface area contributed by atoms with Crippen LogP contribution in [0.15, 0.2) is 21.5 Å². The van der Waals surface area contributed by atoms with E-state index in [1.54, 1.807) is 10.9 Å². The summed E-state index contributed by atoms with van der Waals surface area (Å²) in [5, 5.41) is 17.0. The van der Waals surface area contributed by atoms with Crippen LogP contribution in [0.25, 0.3) is 0 Å². The zero-order valence-corrected chi connectivity index (χ0v) is 18.1. The number of urea groups is 1. The molecule has 2 aromatic rings. The van der Waals surface area contributed by atoms with E-state index in [4.69, 9.17) is 9.88 Å². The van der Waals surface area contributed by atoms with Gasteiger partial charge in [0.05, 0.1) is 18.8 Å². The van der Waals surface area contributed by atoms with Crippen molar-refractivity contribution in [2.24, 2.45) is 9.50 Å². The summed E-state index contributed by atoms with van der Waals surface area (Å²) in [4.78, 5) is 13.4. The number of anilines is 1. The Kier molecular flexibility index (Phi) is 5.34. The summed E-state index contributed by atoms with van der Waals surface area (Å²) in [6.07, 6.45) is 8.42. The highest BCUT2D eigenvalue weighted by molar-refractivity contribution is 7.85. The van der Waals surface area contributed by atoms with Crippen molar-refractivity contribution in [3.8, 4) is 5.88 Å². The Morgan fingerprint density at radius 3 is 2.97 bits per heavy atom. The van der Waals surface area contributed by atoms with Crippen LogP contribution in [0, 0.1) is 0 Å². The molecule has 30 heavy (non-hydrogen) atoms. The number of benzene rings is 1. The largest absolute Gasteiger partial charge is 0.475 e. The highest BCUT2D eigenvalue weighted by atomic mass is 32.2. The number of aromatic nitrogens is 2. The summed E-state index contributed by atoms with van der Waals surface area (Å²) in [5.41, 5.74) is 6.57. The quantitative estimate of drug-likeness (QED) is 0.694. The molecule has 0 fully saturated rings. The van der Waals surface area contributed by atoms with Crippen molar-refractivity contribution in [2.75, 3.05) is 18.5 Å². The van der Waals surface area contributed by atoms with Gasteiger partial charge in [0, 0.05) is 16.6 Å². The molecule has 8 nitrogen and oxygen atoms in total. The molecule has 1 aromatic carbocycles. The Bertz CT molecular complexity index is 1030. The lowest BCUT2D eigenvalue weighted by atomic mass is 9.98. The van der Waals surface area contributed by atoms with Gasteiger partial charge in [-0.05, 0) is 73.4 Å². The van der Waals surface area contributed by atoms with Gasteiger partial charge in [-0.3, -0.25) is 5.14 Å². The minimum atomic E-state index is -1.12. The van der Waals surface area contributed by atoms with Crippen molar-refractivity contribution in [1.82, 2.24) is 15.1 Å². The zero-order chi connectivity index (χ0) is 20.7. The lowest BCUT2D eigenvalue weighted by molar-refractivity contribution is 0.180. The Morgan fingerprint density at radius 2 is 2.10 bits per heavy atom. The van der Waals surface area contributed by atoms with Crippen LogP contribution < -0.4 is 20.5 Å². The number of aryl methyl sites for hydroxylation is 1. The highest BCUT2D eigenvalue weighted by Crippen LogP contribution is 2.38. The number of fused-ring (bicyclic) bond motifs is 4.